The number of benzene rings is 3. The van der Waals surface area contributed by atoms with E-state index in [1.165, 1.54) is 11.1 Å². The van der Waals surface area contributed by atoms with E-state index >= 15 is 0 Å². The van der Waals surface area contributed by atoms with Gasteiger partial charge in [0.25, 0.3) is 0 Å². The zero-order chi connectivity index (χ0) is 32.4. The van der Waals surface area contributed by atoms with Crippen LogP contribution in [-0.2, 0) is 28.1 Å². The Balaban J connectivity index is 2.03. The molecule has 3 rings (SSSR count). The average Bonchev–Trinajstić information content (AvgIpc) is 2.86. The van der Waals surface area contributed by atoms with Gasteiger partial charge in [-0.3, -0.25) is 9.98 Å². The quantitative estimate of drug-likeness (QED) is 0.273. The summed E-state index contributed by atoms with van der Waals surface area (Å²) in [6, 6.07) is 18.5. The molecular formula is C39H54N2O2. The first-order valence-corrected chi connectivity index (χ1v) is 15.5. The Morgan fingerprint density at radius 1 is 0.605 bits per heavy atom. The van der Waals surface area contributed by atoms with Crippen molar-refractivity contribution in [2.24, 2.45) is 9.98 Å². The minimum atomic E-state index is -0.211. The summed E-state index contributed by atoms with van der Waals surface area (Å²) in [6.07, 6.45) is 4.32. The van der Waals surface area contributed by atoms with Crippen LogP contribution in [-0.4, -0.2) is 35.2 Å². The first-order valence-electron chi connectivity index (χ1n) is 15.5. The molecule has 0 saturated carbocycles. The van der Waals surface area contributed by atoms with E-state index in [9.17, 15) is 10.2 Å². The number of nitrogens with zero attached hydrogens (tertiary/aromatic N) is 2. The van der Waals surface area contributed by atoms with Crippen molar-refractivity contribution >= 4 is 12.4 Å². The van der Waals surface area contributed by atoms with Crippen LogP contribution in [0.1, 0.15) is 122 Å². The van der Waals surface area contributed by atoms with Crippen LogP contribution in [0.3, 0.4) is 0 Å². The second-order valence-electron chi connectivity index (χ2n) is 16.0. The highest BCUT2D eigenvalue weighted by Crippen LogP contribution is 2.38. The summed E-state index contributed by atoms with van der Waals surface area (Å²) in [5.41, 5.74) is 6.25. The number of phenolic OH excluding ortho intramolecular Hbond substituents is 2. The average molecular weight is 583 g/mol. The SMILES string of the molecule is CC(C)(C)c1cc(C=NC[C@H](Cc2ccccc2)N=Cc2cc(C(C)(C)C)cc(C(C)(C)C)c2O)c(O)c(C(C)(C)C)c1. The Bertz CT molecular complexity index is 1450. The molecule has 0 fully saturated rings. The maximum atomic E-state index is 11.3. The highest BCUT2D eigenvalue weighted by molar-refractivity contribution is 5.86. The highest BCUT2D eigenvalue weighted by atomic mass is 16.3. The summed E-state index contributed by atoms with van der Waals surface area (Å²) in [5, 5.41) is 22.5. The summed E-state index contributed by atoms with van der Waals surface area (Å²) >= 11 is 0. The zero-order valence-corrected chi connectivity index (χ0v) is 28.6. The molecule has 4 heteroatoms. The molecule has 4 nitrogen and oxygen atoms in total. The van der Waals surface area contributed by atoms with Crippen molar-refractivity contribution in [2.45, 2.75) is 117 Å². The van der Waals surface area contributed by atoms with Crippen LogP contribution in [0.25, 0.3) is 0 Å². The van der Waals surface area contributed by atoms with Gasteiger partial charge in [0.05, 0.1) is 12.6 Å². The second kappa shape index (κ2) is 12.7. The standard InChI is InChI=1S/C39H54N2O2/c1-36(2,3)29-19-27(34(42)32(21-29)38(7,8)9)23-40-25-31(18-26-16-14-13-15-17-26)41-24-28-20-30(37(4,5)6)22-33(35(28)43)39(10,11)12/h13-17,19-24,31,42-43H,18,25H2,1-12H3/t31-/m0/s1. The summed E-state index contributed by atoms with van der Waals surface area (Å²) < 4.78 is 0. The monoisotopic (exact) mass is 582 g/mol. The van der Waals surface area contributed by atoms with Gasteiger partial charge in [0.1, 0.15) is 11.5 Å². The zero-order valence-electron chi connectivity index (χ0n) is 28.6. The van der Waals surface area contributed by atoms with Gasteiger partial charge >= 0.3 is 0 Å². The van der Waals surface area contributed by atoms with Crippen LogP contribution < -0.4 is 0 Å². The van der Waals surface area contributed by atoms with Gasteiger partial charge in [-0.05, 0) is 56.9 Å². The van der Waals surface area contributed by atoms with E-state index in [2.05, 4.69) is 113 Å². The van der Waals surface area contributed by atoms with Gasteiger partial charge in [0.15, 0.2) is 0 Å². The van der Waals surface area contributed by atoms with Crippen molar-refractivity contribution in [2.75, 3.05) is 6.54 Å². The molecule has 0 aliphatic carbocycles. The Kier molecular flexibility index (Phi) is 10.1. The molecule has 0 amide bonds. The number of phenols is 2. The molecule has 0 aromatic heterocycles. The molecule has 0 aliphatic rings. The molecule has 2 N–H and O–H groups in total. The first-order chi connectivity index (χ1) is 19.7. The van der Waals surface area contributed by atoms with Crippen molar-refractivity contribution in [3.63, 3.8) is 0 Å². The topological polar surface area (TPSA) is 65.2 Å². The Hall–Kier alpha value is -3.40. The van der Waals surface area contributed by atoms with Crippen molar-refractivity contribution in [3.8, 4) is 11.5 Å². The van der Waals surface area contributed by atoms with Crippen molar-refractivity contribution in [3.05, 3.63) is 93.5 Å². The molecule has 3 aromatic carbocycles. The molecule has 0 spiro atoms. The highest BCUT2D eigenvalue weighted by Gasteiger charge is 2.26. The molecule has 3 aromatic rings. The Morgan fingerprint density at radius 2 is 1.05 bits per heavy atom. The fourth-order valence-electron chi connectivity index (χ4n) is 5.03. The van der Waals surface area contributed by atoms with Crippen LogP contribution in [0.5, 0.6) is 11.5 Å². The lowest BCUT2D eigenvalue weighted by Gasteiger charge is -2.27. The largest absolute Gasteiger partial charge is 0.507 e. The van der Waals surface area contributed by atoms with Gasteiger partial charge in [0, 0.05) is 34.7 Å². The van der Waals surface area contributed by atoms with E-state index in [1.807, 2.05) is 30.5 Å². The van der Waals surface area contributed by atoms with E-state index in [-0.39, 0.29) is 39.2 Å². The third-order valence-corrected chi connectivity index (χ3v) is 7.91. The molecule has 43 heavy (non-hydrogen) atoms. The van der Waals surface area contributed by atoms with Gasteiger partial charge in [-0.1, -0.05) is 126 Å². The van der Waals surface area contributed by atoms with Crippen LogP contribution in [0, 0.1) is 0 Å². The second-order valence-corrected chi connectivity index (χ2v) is 16.0. The lowest BCUT2D eigenvalue weighted by Crippen LogP contribution is -2.18. The van der Waals surface area contributed by atoms with Crippen LogP contribution in [0.4, 0.5) is 0 Å². The molecule has 0 unspecified atom stereocenters. The molecule has 0 heterocycles. The van der Waals surface area contributed by atoms with Gasteiger partial charge in [-0.15, -0.1) is 0 Å². The smallest absolute Gasteiger partial charge is 0.128 e. The maximum Gasteiger partial charge on any atom is 0.128 e. The number of hydrogen-bond acceptors (Lipinski definition) is 4. The van der Waals surface area contributed by atoms with Gasteiger partial charge < -0.3 is 10.2 Å². The molecule has 232 valence electrons. The van der Waals surface area contributed by atoms with Crippen molar-refractivity contribution in [1.29, 1.82) is 0 Å². The third-order valence-electron chi connectivity index (χ3n) is 7.91. The minimum absolute atomic E-state index is 0.0636. The summed E-state index contributed by atoms with van der Waals surface area (Å²) in [4.78, 5) is 9.83. The number of aromatic hydroxyl groups is 2. The normalized spacial score (nSPS) is 14.1. The molecule has 1 atom stereocenters. The first kappa shape index (κ1) is 34.1. The minimum Gasteiger partial charge on any atom is -0.507 e. The van der Waals surface area contributed by atoms with E-state index in [1.54, 1.807) is 6.21 Å². The fourth-order valence-corrected chi connectivity index (χ4v) is 5.03. The van der Waals surface area contributed by atoms with Crippen molar-refractivity contribution in [1.82, 2.24) is 0 Å². The van der Waals surface area contributed by atoms with E-state index in [4.69, 9.17) is 9.98 Å². The lowest BCUT2D eigenvalue weighted by molar-refractivity contribution is 0.443. The van der Waals surface area contributed by atoms with Gasteiger partial charge in [0.2, 0.25) is 0 Å². The number of aliphatic imine (C=N–C) groups is 2. The number of hydrogen-bond donors (Lipinski definition) is 2. The molecule has 0 bridgehead atoms. The predicted molar refractivity (Wildman–Crippen MR) is 185 cm³/mol. The van der Waals surface area contributed by atoms with Crippen molar-refractivity contribution < 1.29 is 10.2 Å². The summed E-state index contributed by atoms with van der Waals surface area (Å²) in [5.74, 6) is 0.566. The lowest BCUT2D eigenvalue weighted by atomic mass is 9.79. The maximum absolute atomic E-state index is 11.3. The Labute approximate surface area is 261 Å². The molecule has 0 saturated heterocycles. The summed E-state index contributed by atoms with van der Waals surface area (Å²) in [6.45, 7) is 26.3. The Morgan fingerprint density at radius 3 is 1.47 bits per heavy atom. The summed E-state index contributed by atoms with van der Waals surface area (Å²) in [7, 11) is 0. The van der Waals surface area contributed by atoms with E-state index in [0.717, 1.165) is 27.8 Å². The van der Waals surface area contributed by atoms with Gasteiger partial charge in [-0.2, -0.15) is 0 Å². The predicted octanol–water partition coefficient (Wildman–Crippen LogP) is 9.44. The third kappa shape index (κ3) is 9.05. The molecule has 0 radical (unpaired) electrons. The van der Waals surface area contributed by atoms with Crippen LogP contribution >= 0.6 is 0 Å². The van der Waals surface area contributed by atoms with Crippen LogP contribution in [0.15, 0.2) is 64.6 Å². The molecular weight excluding hydrogens is 528 g/mol. The fraction of sp³-hybridized carbons (Fsp3) is 0.487. The van der Waals surface area contributed by atoms with E-state index in [0.29, 0.717) is 13.0 Å². The van der Waals surface area contributed by atoms with E-state index < -0.39 is 0 Å². The molecule has 0 aliphatic heterocycles. The van der Waals surface area contributed by atoms with Gasteiger partial charge in [-0.25, -0.2) is 0 Å². The van der Waals surface area contributed by atoms with Crippen LogP contribution in [0.2, 0.25) is 0 Å². The number of rotatable bonds is 7.